The Kier molecular flexibility index (Phi) is 4.76. The molecule has 0 aromatic heterocycles. The second-order valence-electron chi connectivity index (χ2n) is 3.22. The molecule has 1 rings (SSSR count). The molecule has 0 unspecified atom stereocenters. The van der Waals surface area contributed by atoms with E-state index in [0.29, 0.717) is 11.3 Å². The molecular weight excluding hydrogens is 276 g/mol. The smallest absolute Gasteiger partial charge is 0.343 e. The van der Waals surface area contributed by atoms with Gasteiger partial charge in [-0.1, -0.05) is 22.0 Å². The Morgan fingerprint density at radius 3 is 2.81 bits per heavy atom. The highest BCUT2D eigenvalue weighted by molar-refractivity contribution is 9.10. The van der Waals surface area contributed by atoms with Crippen LogP contribution in [0.2, 0.25) is 0 Å². The van der Waals surface area contributed by atoms with Crippen molar-refractivity contribution in [1.29, 1.82) is 0 Å². The van der Waals surface area contributed by atoms with Gasteiger partial charge in [-0.2, -0.15) is 0 Å². The first-order valence-electron chi connectivity index (χ1n) is 4.71. The summed E-state index contributed by atoms with van der Waals surface area (Å²) < 4.78 is 10.5. The maximum Gasteiger partial charge on any atom is 0.343 e. The van der Waals surface area contributed by atoms with Crippen molar-refractivity contribution in [3.8, 4) is 5.75 Å². The van der Waals surface area contributed by atoms with E-state index in [1.54, 1.807) is 25.1 Å². The third kappa shape index (κ3) is 3.50. The summed E-state index contributed by atoms with van der Waals surface area (Å²) in [5, 5.41) is 9.51. The van der Waals surface area contributed by atoms with E-state index in [1.807, 2.05) is 0 Å². The lowest BCUT2D eigenvalue weighted by atomic mass is 10.1. The molecule has 0 bridgehead atoms. The Balaban J connectivity index is 2.84. The fourth-order valence-electron chi connectivity index (χ4n) is 1.17. The van der Waals surface area contributed by atoms with Gasteiger partial charge in [0.05, 0.1) is 13.2 Å². The number of aliphatic hydroxyl groups is 1. The zero-order chi connectivity index (χ0) is 12.1. The Bertz CT molecular complexity index is 376. The van der Waals surface area contributed by atoms with Crippen molar-refractivity contribution >= 4 is 21.9 Å². The molecule has 0 heterocycles. The van der Waals surface area contributed by atoms with E-state index >= 15 is 0 Å². The second kappa shape index (κ2) is 5.86. The fourth-order valence-corrected chi connectivity index (χ4v) is 1.51. The lowest BCUT2D eigenvalue weighted by Gasteiger charge is -2.13. The van der Waals surface area contributed by atoms with Gasteiger partial charge in [0.2, 0.25) is 0 Å². The summed E-state index contributed by atoms with van der Waals surface area (Å²) in [6.07, 6.45) is -0.652. The Labute approximate surface area is 102 Å². The predicted octanol–water partition coefficient (Wildman–Crippen LogP) is 2.05. The highest BCUT2D eigenvalue weighted by Crippen LogP contribution is 2.28. The van der Waals surface area contributed by atoms with Gasteiger partial charge in [0.15, 0.2) is 6.61 Å². The van der Waals surface area contributed by atoms with E-state index in [-0.39, 0.29) is 6.61 Å². The summed E-state index contributed by atoms with van der Waals surface area (Å²) in [6.45, 7) is 1.46. The minimum Gasteiger partial charge on any atom is -0.481 e. The van der Waals surface area contributed by atoms with E-state index < -0.39 is 12.1 Å². The number of ether oxygens (including phenoxy) is 2. The Morgan fingerprint density at radius 2 is 2.25 bits per heavy atom. The Hall–Kier alpha value is -1.07. The van der Waals surface area contributed by atoms with Crippen LogP contribution in [0.25, 0.3) is 0 Å². The zero-order valence-corrected chi connectivity index (χ0v) is 10.7. The van der Waals surface area contributed by atoms with Crippen LogP contribution >= 0.6 is 15.9 Å². The van der Waals surface area contributed by atoms with Crippen molar-refractivity contribution in [2.75, 3.05) is 13.7 Å². The number of rotatable bonds is 4. The van der Waals surface area contributed by atoms with Crippen LogP contribution in [0.15, 0.2) is 22.7 Å². The van der Waals surface area contributed by atoms with E-state index in [0.717, 1.165) is 4.47 Å². The number of hydrogen-bond donors (Lipinski definition) is 1. The van der Waals surface area contributed by atoms with Crippen LogP contribution in [-0.4, -0.2) is 24.8 Å². The maximum absolute atomic E-state index is 10.9. The van der Waals surface area contributed by atoms with Crippen LogP contribution in [0, 0.1) is 0 Å². The van der Waals surface area contributed by atoms with Crippen molar-refractivity contribution in [3.05, 3.63) is 28.2 Å². The van der Waals surface area contributed by atoms with Gasteiger partial charge < -0.3 is 14.6 Å². The van der Waals surface area contributed by atoms with Crippen molar-refractivity contribution in [2.24, 2.45) is 0 Å². The van der Waals surface area contributed by atoms with E-state index in [2.05, 4.69) is 20.7 Å². The highest BCUT2D eigenvalue weighted by atomic mass is 79.9. The summed E-state index contributed by atoms with van der Waals surface area (Å²) in [7, 11) is 1.29. The van der Waals surface area contributed by atoms with Crippen LogP contribution in [0.3, 0.4) is 0 Å². The van der Waals surface area contributed by atoms with Crippen molar-refractivity contribution < 1.29 is 19.4 Å². The van der Waals surface area contributed by atoms with Gasteiger partial charge >= 0.3 is 5.97 Å². The van der Waals surface area contributed by atoms with Gasteiger partial charge in [-0.25, -0.2) is 4.79 Å². The zero-order valence-electron chi connectivity index (χ0n) is 9.07. The number of aliphatic hydroxyl groups excluding tert-OH is 1. The Morgan fingerprint density at radius 1 is 1.56 bits per heavy atom. The monoisotopic (exact) mass is 288 g/mol. The van der Waals surface area contributed by atoms with Gasteiger partial charge in [0.25, 0.3) is 0 Å². The second-order valence-corrected chi connectivity index (χ2v) is 4.14. The molecular formula is C11H13BrO4. The van der Waals surface area contributed by atoms with Crippen LogP contribution in [0.4, 0.5) is 0 Å². The molecule has 0 saturated heterocycles. The SMILES string of the molecule is COC(=O)COc1cc(Br)ccc1[C@H](C)O. The van der Waals surface area contributed by atoms with Crippen LogP contribution < -0.4 is 4.74 Å². The maximum atomic E-state index is 10.9. The lowest BCUT2D eigenvalue weighted by molar-refractivity contribution is -0.142. The molecule has 1 aromatic rings. The molecule has 1 N–H and O–H groups in total. The largest absolute Gasteiger partial charge is 0.481 e. The van der Waals surface area contributed by atoms with Gasteiger partial charge in [-0.3, -0.25) is 0 Å². The summed E-state index contributed by atoms with van der Waals surface area (Å²) in [5.74, 6) is 0.00583. The molecule has 1 atom stereocenters. The molecule has 4 nitrogen and oxygen atoms in total. The average molecular weight is 289 g/mol. The topological polar surface area (TPSA) is 55.8 Å². The molecule has 5 heteroatoms. The first-order chi connectivity index (χ1) is 7.54. The van der Waals surface area contributed by atoms with E-state index in [9.17, 15) is 9.90 Å². The molecule has 88 valence electrons. The van der Waals surface area contributed by atoms with Crippen LogP contribution in [-0.2, 0) is 9.53 Å². The van der Waals surface area contributed by atoms with Gasteiger partial charge in [-0.15, -0.1) is 0 Å². The van der Waals surface area contributed by atoms with Gasteiger partial charge in [0, 0.05) is 10.0 Å². The summed E-state index contributed by atoms with van der Waals surface area (Å²) in [5.41, 5.74) is 0.632. The average Bonchev–Trinajstić information content (AvgIpc) is 2.25. The molecule has 0 saturated carbocycles. The van der Waals surface area contributed by atoms with Gasteiger partial charge in [-0.05, 0) is 19.1 Å². The quantitative estimate of drug-likeness (QED) is 0.862. The van der Waals surface area contributed by atoms with Crippen LogP contribution in [0.5, 0.6) is 5.75 Å². The predicted molar refractivity (Wildman–Crippen MR) is 62.3 cm³/mol. The summed E-state index contributed by atoms with van der Waals surface area (Å²) in [6, 6.07) is 5.24. The third-order valence-electron chi connectivity index (χ3n) is 2.00. The van der Waals surface area contributed by atoms with Crippen molar-refractivity contribution in [1.82, 2.24) is 0 Å². The first-order valence-corrected chi connectivity index (χ1v) is 5.51. The minimum atomic E-state index is -0.652. The molecule has 0 aliphatic carbocycles. The third-order valence-corrected chi connectivity index (χ3v) is 2.49. The number of carbonyl (C=O) groups is 1. The van der Waals surface area contributed by atoms with Crippen molar-refractivity contribution in [3.63, 3.8) is 0 Å². The summed E-state index contributed by atoms with van der Waals surface area (Å²) >= 11 is 3.29. The number of benzene rings is 1. The molecule has 0 spiro atoms. The molecule has 0 aliphatic rings. The number of carbonyl (C=O) groups excluding carboxylic acids is 1. The summed E-state index contributed by atoms with van der Waals surface area (Å²) in [4.78, 5) is 10.9. The van der Waals surface area contributed by atoms with E-state index in [1.165, 1.54) is 7.11 Å². The minimum absolute atomic E-state index is 0.174. The fraction of sp³-hybridized carbons (Fsp3) is 0.364. The number of methoxy groups -OCH3 is 1. The molecule has 1 aromatic carbocycles. The number of esters is 1. The first kappa shape index (κ1) is 13.0. The van der Waals surface area contributed by atoms with Crippen molar-refractivity contribution in [2.45, 2.75) is 13.0 Å². The standard InChI is InChI=1S/C11H13BrO4/c1-7(13)9-4-3-8(12)5-10(9)16-6-11(14)15-2/h3-5,7,13H,6H2,1-2H3/t7-/m0/s1. The molecule has 0 fully saturated rings. The molecule has 16 heavy (non-hydrogen) atoms. The van der Waals surface area contributed by atoms with E-state index in [4.69, 9.17) is 4.74 Å². The van der Waals surface area contributed by atoms with Gasteiger partial charge in [0.1, 0.15) is 5.75 Å². The molecule has 0 radical (unpaired) electrons. The number of halogens is 1. The van der Waals surface area contributed by atoms with Crippen LogP contribution in [0.1, 0.15) is 18.6 Å². The normalized spacial score (nSPS) is 12.0. The number of hydrogen-bond acceptors (Lipinski definition) is 4. The molecule has 0 aliphatic heterocycles. The highest BCUT2D eigenvalue weighted by Gasteiger charge is 2.11. The molecule has 0 amide bonds. The lowest BCUT2D eigenvalue weighted by Crippen LogP contribution is -2.13.